The summed E-state index contributed by atoms with van der Waals surface area (Å²) >= 11 is 0. The van der Waals surface area contributed by atoms with Gasteiger partial charge in [0.25, 0.3) is 0 Å². The lowest BCUT2D eigenvalue weighted by Gasteiger charge is -2.27. The molecule has 2 unspecified atom stereocenters. The van der Waals surface area contributed by atoms with Crippen LogP contribution in [0.3, 0.4) is 0 Å². The van der Waals surface area contributed by atoms with Crippen molar-refractivity contribution in [2.24, 2.45) is 11.1 Å². The number of anilines is 1. The summed E-state index contributed by atoms with van der Waals surface area (Å²) in [4.78, 5) is 20.7. The highest BCUT2D eigenvalue weighted by Gasteiger charge is 2.42. The first-order chi connectivity index (χ1) is 10.1. The minimum absolute atomic E-state index is 0.0234. The molecule has 3 N–H and O–H groups in total. The van der Waals surface area contributed by atoms with Crippen molar-refractivity contribution in [1.29, 1.82) is 0 Å². The lowest BCUT2D eigenvalue weighted by molar-refractivity contribution is -0.125. The van der Waals surface area contributed by atoms with Crippen molar-refractivity contribution < 1.29 is 4.79 Å². The molecule has 21 heavy (non-hydrogen) atoms. The summed E-state index contributed by atoms with van der Waals surface area (Å²) in [5.74, 6) is 0.735. The Labute approximate surface area is 123 Å². The van der Waals surface area contributed by atoms with Crippen LogP contribution in [-0.2, 0) is 4.79 Å². The number of imidazole rings is 1. The van der Waals surface area contributed by atoms with Gasteiger partial charge in [0.15, 0.2) is 0 Å². The van der Waals surface area contributed by atoms with Gasteiger partial charge in [-0.25, -0.2) is 9.97 Å². The lowest BCUT2D eigenvalue weighted by Crippen LogP contribution is -2.44. The van der Waals surface area contributed by atoms with Crippen LogP contribution in [0.2, 0.25) is 0 Å². The summed E-state index contributed by atoms with van der Waals surface area (Å²) in [6, 6.07) is 3.61. The maximum absolute atomic E-state index is 12.4. The molecule has 2 aromatic rings. The molecule has 0 aliphatic heterocycles. The second-order valence-electron chi connectivity index (χ2n) is 5.75. The minimum Gasteiger partial charge on any atom is -0.327 e. The average Bonchev–Trinajstić information content (AvgIpc) is 3.12. The van der Waals surface area contributed by atoms with Crippen molar-refractivity contribution in [2.75, 3.05) is 5.32 Å². The fourth-order valence-electron chi connectivity index (χ4n) is 2.76. The first kappa shape index (κ1) is 13.8. The van der Waals surface area contributed by atoms with Gasteiger partial charge in [0.1, 0.15) is 12.1 Å². The van der Waals surface area contributed by atoms with Gasteiger partial charge in [0, 0.05) is 18.4 Å². The van der Waals surface area contributed by atoms with E-state index in [9.17, 15) is 4.79 Å². The van der Waals surface area contributed by atoms with E-state index >= 15 is 0 Å². The molecule has 6 nitrogen and oxygen atoms in total. The molecule has 6 heteroatoms. The Morgan fingerprint density at radius 2 is 2.38 bits per heavy atom. The van der Waals surface area contributed by atoms with E-state index in [-0.39, 0.29) is 11.9 Å². The minimum atomic E-state index is -0.483. The molecule has 2 heterocycles. The molecule has 1 aliphatic carbocycles. The van der Waals surface area contributed by atoms with E-state index in [1.54, 1.807) is 23.3 Å². The SMILES string of the molecule is CC1(C(=O)Nc2ccc(-n3ccnc3)nc2)CCCC1N. The van der Waals surface area contributed by atoms with Gasteiger partial charge in [0.05, 0.1) is 17.3 Å². The van der Waals surface area contributed by atoms with Gasteiger partial charge in [-0.1, -0.05) is 6.42 Å². The summed E-state index contributed by atoms with van der Waals surface area (Å²) in [5.41, 5.74) is 6.27. The highest BCUT2D eigenvalue weighted by Crippen LogP contribution is 2.37. The summed E-state index contributed by atoms with van der Waals surface area (Å²) < 4.78 is 1.81. The summed E-state index contributed by atoms with van der Waals surface area (Å²) in [7, 11) is 0. The number of hydrogen-bond acceptors (Lipinski definition) is 4. The first-order valence-corrected chi connectivity index (χ1v) is 7.11. The van der Waals surface area contributed by atoms with Crippen LogP contribution >= 0.6 is 0 Å². The molecule has 2 aromatic heterocycles. The number of hydrogen-bond donors (Lipinski definition) is 2. The molecule has 0 saturated heterocycles. The molecule has 1 amide bonds. The third-order valence-corrected chi connectivity index (χ3v) is 4.32. The topological polar surface area (TPSA) is 85.8 Å². The smallest absolute Gasteiger partial charge is 0.231 e. The van der Waals surface area contributed by atoms with Crippen LogP contribution in [0.5, 0.6) is 0 Å². The molecule has 0 spiro atoms. The molecule has 1 fully saturated rings. The lowest BCUT2D eigenvalue weighted by atomic mass is 9.84. The summed E-state index contributed by atoms with van der Waals surface area (Å²) in [6.45, 7) is 1.94. The third-order valence-electron chi connectivity index (χ3n) is 4.32. The van der Waals surface area contributed by atoms with Crippen LogP contribution < -0.4 is 11.1 Å². The number of aromatic nitrogens is 3. The second-order valence-corrected chi connectivity index (χ2v) is 5.75. The number of nitrogens with zero attached hydrogens (tertiary/aromatic N) is 3. The van der Waals surface area contributed by atoms with Crippen molar-refractivity contribution in [3.63, 3.8) is 0 Å². The van der Waals surface area contributed by atoms with Gasteiger partial charge in [-0.05, 0) is 31.9 Å². The van der Waals surface area contributed by atoms with E-state index in [1.165, 1.54) is 0 Å². The standard InChI is InChI=1S/C15H19N5O/c1-15(6-2-3-12(15)16)14(21)19-11-4-5-13(18-9-11)20-8-7-17-10-20/h4-5,7-10,12H,2-3,6,16H2,1H3,(H,19,21). The highest BCUT2D eigenvalue weighted by atomic mass is 16.2. The van der Waals surface area contributed by atoms with Gasteiger partial charge in [-0.15, -0.1) is 0 Å². The maximum Gasteiger partial charge on any atom is 0.231 e. The number of nitrogens with two attached hydrogens (primary N) is 1. The molecule has 1 aliphatic rings. The molecule has 0 radical (unpaired) electrons. The van der Waals surface area contributed by atoms with E-state index in [0.29, 0.717) is 5.69 Å². The summed E-state index contributed by atoms with van der Waals surface area (Å²) in [6.07, 6.45) is 9.58. The predicted octanol–water partition coefficient (Wildman–Crippen LogP) is 1.72. The molecule has 0 aromatic carbocycles. The largest absolute Gasteiger partial charge is 0.327 e. The van der Waals surface area contributed by atoms with Crippen LogP contribution in [0.25, 0.3) is 5.82 Å². The number of nitrogens with one attached hydrogen (secondary N) is 1. The summed E-state index contributed by atoms with van der Waals surface area (Å²) in [5, 5.41) is 2.92. The molecule has 3 rings (SSSR count). The Morgan fingerprint density at radius 1 is 1.52 bits per heavy atom. The van der Waals surface area contributed by atoms with Gasteiger partial charge in [-0.3, -0.25) is 9.36 Å². The number of carbonyl (C=O) groups excluding carboxylic acids is 1. The Hall–Kier alpha value is -2.21. The van der Waals surface area contributed by atoms with Crippen molar-refractivity contribution >= 4 is 11.6 Å². The van der Waals surface area contributed by atoms with Crippen molar-refractivity contribution in [2.45, 2.75) is 32.2 Å². The normalized spacial score (nSPS) is 25.0. The van der Waals surface area contributed by atoms with Gasteiger partial charge >= 0.3 is 0 Å². The zero-order chi connectivity index (χ0) is 14.9. The number of carbonyl (C=O) groups is 1. The maximum atomic E-state index is 12.4. The van der Waals surface area contributed by atoms with E-state index in [2.05, 4.69) is 15.3 Å². The molecular formula is C15H19N5O. The average molecular weight is 285 g/mol. The number of pyridine rings is 1. The Kier molecular flexibility index (Phi) is 3.47. The zero-order valence-electron chi connectivity index (χ0n) is 12.0. The van der Waals surface area contributed by atoms with E-state index in [4.69, 9.17) is 5.73 Å². The molecular weight excluding hydrogens is 266 g/mol. The van der Waals surface area contributed by atoms with E-state index < -0.39 is 5.41 Å². The second kappa shape index (κ2) is 5.29. The predicted molar refractivity (Wildman–Crippen MR) is 79.9 cm³/mol. The highest BCUT2D eigenvalue weighted by molar-refractivity contribution is 5.95. The Balaban J connectivity index is 1.72. The van der Waals surface area contributed by atoms with Gasteiger partial charge in [-0.2, -0.15) is 0 Å². The number of amides is 1. The fourth-order valence-corrected chi connectivity index (χ4v) is 2.76. The van der Waals surface area contributed by atoms with E-state index in [0.717, 1.165) is 25.1 Å². The monoisotopic (exact) mass is 285 g/mol. The van der Waals surface area contributed by atoms with E-state index in [1.807, 2.05) is 25.3 Å². The van der Waals surface area contributed by atoms with Gasteiger partial charge < -0.3 is 11.1 Å². The molecule has 1 saturated carbocycles. The zero-order valence-corrected chi connectivity index (χ0v) is 12.0. The van der Waals surface area contributed by atoms with Crippen molar-refractivity contribution in [3.8, 4) is 5.82 Å². The quantitative estimate of drug-likeness (QED) is 0.899. The molecule has 2 atom stereocenters. The molecule has 110 valence electrons. The Morgan fingerprint density at radius 3 is 2.95 bits per heavy atom. The van der Waals surface area contributed by atoms with Crippen LogP contribution in [0.4, 0.5) is 5.69 Å². The van der Waals surface area contributed by atoms with Crippen LogP contribution in [0.1, 0.15) is 26.2 Å². The number of rotatable bonds is 3. The van der Waals surface area contributed by atoms with Crippen LogP contribution in [-0.4, -0.2) is 26.5 Å². The van der Waals surface area contributed by atoms with Crippen molar-refractivity contribution in [3.05, 3.63) is 37.1 Å². The Bertz CT molecular complexity index is 622. The fraction of sp³-hybridized carbons (Fsp3) is 0.400. The van der Waals surface area contributed by atoms with Gasteiger partial charge in [0.2, 0.25) is 5.91 Å². The molecule has 0 bridgehead atoms. The van der Waals surface area contributed by atoms with Crippen LogP contribution in [0, 0.1) is 5.41 Å². The first-order valence-electron chi connectivity index (χ1n) is 7.11. The van der Waals surface area contributed by atoms with Crippen LogP contribution in [0.15, 0.2) is 37.1 Å². The van der Waals surface area contributed by atoms with Crippen molar-refractivity contribution in [1.82, 2.24) is 14.5 Å². The third kappa shape index (κ3) is 2.54.